The van der Waals surface area contributed by atoms with E-state index in [0.29, 0.717) is 0 Å². The van der Waals surface area contributed by atoms with E-state index in [2.05, 4.69) is 10.7 Å². The number of rotatable bonds is 10. The molecule has 10 N–H and O–H groups in total. The molecular weight excluding hydrogens is 412 g/mol. The number of carbonyl (C=O) groups excluding carboxylic acids is 4. The Morgan fingerprint density at radius 1 is 1.00 bits per heavy atom. The van der Waals surface area contributed by atoms with E-state index in [-0.39, 0.29) is 6.42 Å². The molecule has 31 heavy (non-hydrogen) atoms. The Labute approximate surface area is 177 Å². The second-order valence-corrected chi connectivity index (χ2v) is 6.67. The van der Waals surface area contributed by atoms with Crippen molar-refractivity contribution in [3.63, 3.8) is 0 Å². The van der Waals surface area contributed by atoms with Crippen molar-refractivity contribution in [3.05, 3.63) is 35.9 Å². The SMILES string of the molecule is CC(O)C(NC(=O)NC(CC(N)=O)C(=O)NNC(=O)C(N)Cc1ccccc1)C(=O)O. The molecule has 4 atom stereocenters. The number of urea groups is 1. The smallest absolute Gasteiger partial charge is 0.328 e. The third-order valence-corrected chi connectivity index (χ3v) is 4.01. The summed E-state index contributed by atoms with van der Waals surface area (Å²) in [5.41, 5.74) is 15.8. The van der Waals surface area contributed by atoms with Gasteiger partial charge in [0.15, 0.2) is 6.04 Å². The minimum Gasteiger partial charge on any atom is -0.480 e. The van der Waals surface area contributed by atoms with E-state index in [1.54, 1.807) is 30.3 Å². The molecule has 0 aliphatic heterocycles. The molecule has 0 heterocycles. The molecule has 170 valence electrons. The first-order chi connectivity index (χ1) is 14.5. The molecule has 1 aromatic rings. The molecule has 0 bridgehead atoms. The lowest BCUT2D eigenvalue weighted by atomic mass is 10.1. The molecule has 5 amide bonds. The van der Waals surface area contributed by atoms with Crippen LogP contribution >= 0.6 is 0 Å². The van der Waals surface area contributed by atoms with E-state index in [1.807, 2.05) is 10.7 Å². The highest BCUT2D eigenvalue weighted by atomic mass is 16.4. The zero-order chi connectivity index (χ0) is 23.6. The molecule has 0 spiro atoms. The minimum absolute atomic E-state index is 0.198. The van der Waals surface area contributed by atoms with Crippen LogP contribution in [0.1, 0.15) is 18.9 Å². The average Bonchev–Trinajstić information content (AvgIpc) is 2.69. The summed E-state index contributed by atoms with van der Waals surface area (Å²) >= 11 is 0. The van der Waals surface area contributed by atoms with Crippen molar-refractivity contribution in [2.24, 2.45) is 11.5 Å². The van der Waals surface area contributed by atoms with Crippen LogP contribution in [0.3, 0.4) is 0 Å². The van der Waals surface area contributed by atoms with Crippen molar-refractivity contribution < 1.29 is 34.2 Å². The van der Waals surface area contributed by atoms with Crippen LogP contribution < -0.4 is 33.0 Å². The zero-order valence-corrected chi connectivity index (χ0v) is 16.7. The Balaban J connectivity index is 2.66. The van der Waals surface area contributed by atoms with E-state index in [9.17, 15) is 29.1 Å². The van der Waals surface area contributed by atoms with Gasteiger partial charge in [0.2, 0.25) is 5.91 Å². The molecule has 4 unspecified atom stereocenters. The quantitative estimate of drug-likeness (QED) is 0.176. The van der Waals surface area contributed by atoms with E-state index < -0.39 is 60.4 Å². The number of carboxylic acids is 1. The fraction of sp³-hybridized carbons (Fsp3) is 0.389. The molecule has 0 radical (unpaired) electrons. The number of amides is 5. The zero-order valence-electron chi connectivity index (χ0n) is 16.7. The van der Waals surface area contributed by atoms with Gasteiger partial charge in [-0.3, -0.25) is 25.2 Å². The molecule has 0 aromatic heterocycles. The van der Waals surface area contributed by atoms with Crippen molar-refractivity contribution in [1.82, 2.24) is 21.5 Å². The second-order valence-electron chi connectivity index (χ2n) is 6.67. The van der Waals surface area contributed by atoms with Crippen molar-refractivity contribution in [2.45, 2.75) is 44.0 Å². The molecule has 0 saturated heterocycles. The fourth-order valence-electron chi connectivity index (χ4n) is 2.40. The second kappa shape index (κ2) is 12.1. The van der Waals surface area contributed by atoms with Crippen molar-refractivity contribution in [2.75, 3.05) is 0 Å². The number of carbonyl (C=O) groups is 5. The molecule has 0 aliphatic carbocycles. The van der Waals surface area contributed by atoms with E-state index >= 15 is 0 Å². The number of benzene rings is 1. The largest absolute Gasteiger partial charge is 0.480 e. The Morgan fingerprint density at radius 3 is 2.10 bits per heavy atom. The Hall–Kier alpha value is -3.71. The summed E-state index contributed by atoms with van der Waals surface area (Å²) in [5.74, 6) is -4.18. The first-order valence-corrected chi connectivity index (χ1v) is 9.16. The maximum Gasteiger partial charge on any atom is 0.328 e. The topological polar surface area (TPSA) is 226 Å². The van der Waals surface area contributed by atoms with Gasteiger partial charge in [0.25, 0.3) is 11.8 Å². The predicted octanol–water partition coefficient (Wildman–Crippen LogP) is -2.92. The van der Waals surface area contributed by atoms with Gasteiger partial charge in [-0.1, -0.05) is 30.3 Å². The van der Waals surface area contributed by atoms with Gasteiger partial charge in [0, 0.05) is 0 Å². The van der Waals surface area contributed by atoms with Gasteiger partial charge in [0.05, 0.1) is 18.6 Å². The highest BCUT2D eigenvalue weighted by molar-refractivity contribution is 5.93. The van der Waals surface area contributed by atoms with Crippen LogP contribution in [0.4, 0.5) is 4.79 Å². The average molecular weight is 438 g/mol. The van der Waals surface area contributed by atoms with Gasteiger partial charge in [-0.2, -0.15) is 0 Å². The number of aliphatic carboxylic acids is 1. The van der Waals surface area contributed by atoms with Gasteiger partial charge in [-0.15, -0.1) is 0 Å². The van der Waals surface area contributed by atoms with E-state index in [0.717, 1.165) is 12.5 Å². The van der Waals surface area contributed by atoms with Crippen molar-refractivity contribution in [3.8, 4) is 0 Å². The van der Waals surface area contributed by atoms with Gasteiger partial charge in [0.1, 0.15) is 6.04 Å². The molecular formula is C18H26N6O7. The molecule has 13 heteroatoms. The highest BCUT2D eigenvalue weighted by Gasteiger charge is 2.28. The number of aliphatic hydroxyl groups excluding tert-OH is 1. The van der Waals surface area contributed by atoms with Gasteiger partial charge in [-0.05, 0) is 18.9 Å². The third-order valence-electron chi connectivity index (χ3n) is 4.01. The summed E-state index contributed by atoms with van der Waals surface area (Å²) in [6, 6.07) is 3.57. The summed E-state index contributed by atoms with van der Waals surface area (Å²) in [6.07, 6.45) is -1.88. The summed E-state index contributed by atoms with van der Waals surface area (Å²) < 4.78 is 0. The molecule has 0 aliphatic rings. The summed E-state index contributed by atoms with van der Waals surface area (Å²) in [7, 11) is 0. The number of hydrogen-bond donors (Lipinski definition) is 8. The summed E-state index contributed by atoms with van der Waals surface area (Å²) in [4.78, 5) is 58.6. The van der Waals surface area contributed by atoms with Gasteiger partial charge < -0.3 is 32.3 Å². The van der Waals surface area contributed by atoms with Gasteiger partial charge >= 0.3 is 12.0 Å². The monoisotopic (exact) mass is 438 g/mol. The molecule has 13 nitrogen and oxygen atoms in total. The van der Waals surface area contributed by atoms with E-state index in [4.69, 9.17) is 16.6 Å². The van der Waals surface area contributed by atoms with Crippen LogP contribution in [0.15, 0.2) is 30.3 Å². The van der Waals surface area contributed by atoms with Crippen molar-refractivity contribution in [1.29, 1.82) is 0 Å². The van der Waals surface area contributed by atoms with Gasteiger partial charge in [-0.25, -0.2) is 9.59 Å². The number of aliphatic hydroxyl groups is 1. The number of primary amides is 1. The number of carboxylic acid groups (broad SMARTS) is 1. The standard InChI is InChI=1S/C18H26N6O7/c1-9(25)14(17(29)30)22-18(31)21-12(8-13(20)26)16(28)24-23-15(27)11(19)7-10-5-3-2-4-6-10/h2-6,9,11-12,14,25H,7-8,19H2,1H3,(H2,20,26)(H,23,27)(H,24,28)(H,29,30)(H2,21,22,31). The molecule has 0 fully saturated rings. The first kappa shape index (κ1) is 25.3. The third kappa shape index (κ3) is 9.10. The fourth-order valence-corrected chi connectivity index (χ4v) is 2.40. The van der Waals surface area contributed by atoms with Crippen molar-refractivity contribution >= 4 is 29.7 Å². The van der Waals surface area contributed by atoms with Crippen LogP contribution in [0.2, 0.25) is 0 Å². The molecule has 1 aromatic carbocycles. The van der Waals surface area contributed by atoms with Crippen LogP contribution in [-0.2, 0) is 25.6 Å². The van der Waals surface area contributed by atoms with Crippen LogP contribution in [0, 0.1) is 0 Å². The highest BCUT2D eigenvalue weighted by Crippen LogP contribution is 2.02. The predicted molar refractivity (Wildman–Crippen MR) is 107 cm³/mol. The summed E-state index contributed by atoms with van der Waals surface area (Å²) in [5, 5.41) is 22.4. The van der Waals surface area contributed by atoms with Crippen LogP contribution in [0.25, 0.3) is 0 Å². The minimum atomic E-state index is -1.66. The lowest BCUT2D eigenvalue weighted by Crippen LogP contribution is -2.59. The maximum atomic E-state index is 12.3. The van der Waals surface area contributed by atoms with E-state index in [1.165, 1.54) is 0 Å². The molecule has 1 rings (SSSR count). The normalized spacial score (nSPS) is 14.3. The maximum absolute atomic E-state index is 12.3. The first-order valence-electron chi connectivity index (χ1n) is 9.16. The number of nitrogens with one attached hydrogen (secondary N) is 4. The Bertz CT molecular complexity index is 802. The number of nitrogens with two attached hydrogens (primary N) is 2. The lowest BCUT2D eigenvalue weighted by Gasteiger charge is -2.21. The summed E-state index contributed by atoms with van der Waals surface area (Å²) in [6.45, 7) is 1.14. The Kier molecular flexibility index (Phi) is 9.88. The van der Waals surface area contributed by atoms with Crippen LogP contribution in [-0.4, -0.2) is 64.2 Å². The number of hydrazine groups is 1. The number of hydrogen-bond acceptors (Lipinski definition) is 7. The molecule has 0 saturated carbocycles. The Morgan fingerprint density at radius 2 is 1.58 bits per heavy atom. The van der Waals surface area contributed by atoms with Crippen LogP contribution in [0.5, 0.6) is 0 Å². The lowest BCUT2D eigenvalue weighted by molar-refractivity contribution is -0.141.